The standard InChI is InChI=1S/C20H18N6O3S2/c1-11-5-3-7-13(9-11)18(27)22-14-8-4-6-12(10-14)17-24-19(29-25-17)15-16(21)23-20(30-15)26-31(2)28/h3-10H,21H2,1-2H3,(H,22,27)(H,23,26). The average molecular weight is 455 g/mol. The summed E-state index contributed by atoms with van der Waals surface area (Å²) in [5.74, 6) is 0.532. The van der Waals surface area contributed by atoms with Crippen LogP contribution in [-0.4, -0.2) is 31.5 Å². The Morgan fingerprint density at radius 2 is 1.97 bits per heavy atom. The molecule has 0 radical (unpaired) electrons. The van der Waals surface area contributed by atoms with Crippen LogP contribution in [0.15, 0.2) is 53.1 Å². The van der Waals surface area contributed by atoms with Gasteiger partial charge in [0.05, 0.1) is 0 Å². The molecular formula is C20H18N6O3S2. The highest BCUT2D eigenvalue weighted by molar-refractivity contribution is 7.85. The molecule has 0 spiro atoms. The highest BCUT2D eigenvalue weighted by atomic mass is 32.2. The lowest BCUT2D eigenvalue weighted by Crippen LogP contribution is -2.11. The number of hydrogen-bond acceptors (Lipinski definition) is 8. The number of carbonyl (C=O) groups is 1. The number of benzene rings is 2. The fraction of sp³-hybridized carbons (Fsp3) is 0.100. The Morgan fingerprint density at radius 3 is 2.74 bits per heavy atom. The van der Waals surface area contributed by atoms with Crippen LogP contribution < -0.4 is 15.8 Å². The minimum Gasteiger partial charge on any atom is -0.382 e. The van der Waals surface area contributed by atoms with Crippen LogP contribution in [0.1, 0.15) is 15.9 Å². The summed E-state index contributed by atoms with van der Waals surface area (Å²) >= 11 is 1.17. The molecule has 158 valence electrons. The predicted molar refractivity (Wildman–Crippen MR) is 122 cm³/mol. The van der Waals surface area contributed by atoms with E-state index in [9.17, 15) is 9.00 Å². The van der Waals surface area contributed by atoms with E-state index in [0.29, 0.717) is 32.6 Å². The molecule has 11 heteroatoms. The van der Waals surface area contributed by atoms with E-state index in [4.69, 9.17) is 10.3 Å². The van der Waals surface area contributed by atoms with E-state index in [-0.39, 0.29) is 17.6 Å². The van der Waals surface area contributed by atoms with Crippen molar-refractivity contribution in [3.05, 3.63) is 59.7 Å². The van der Waals surface area contributed by atoms with E-state index < -0.39 is 11.0 Å². The van der Waals surface area contributed by atoms with Crippen molar-refractivity contribution in [3.8, 4) is 22.2 Å². The molecule has 0 bridgehead atoms. The number of hydrogen-bond donors (Lipinski definition) is 3. The Labute approximate surface area is 184 Å². The summed E-state index contributed by atoms with van der Waals surface area (Å²) in [5.41, 5.74) is 8.77. The van der Waals surface area contributed by atoms with Crippen molar-refractivity contribution in [3.63, 3.8) is 0 Å². The maximum Gasteiger partial charge on any atom is 0.272 e. The maximum atomic E-state index is 12.5. The van der Waals surface area contributed by atoms with Crippen molar-refractivity contribution >= 4 is 44.9 Å². The van der Waals surface area contributed by atoms with Crippen molar-refractivity contribution in [2.24, 2.45) is 0 Å². The predicted octanol–water partition coefficient (Wildman–Crippen LogP) is 3.71. The van der Waals surface area contributed by atoms with E-state index in [1.54, 1.807) is 30.3 Å². The first-order valence-corrected chi connectivity index (χ1v) is 11.5. The Hall–Kier alpha value is -3.57. The molecule has 31 heavy (non-hydrogen) atoms. The van der Waals surface area contributed by atoms with Crippen LogP contribution in [0, 0.1) is 6.92 Å². The molecule has 9 nitrogen and oxygen atoms in total. The number of rotatable bonds is 6. The van der Waals surface area contributed by atoms with Gasteiger partial charge >= 0.3 is 0 Å². The van der Waals surface area contributed by atoms with Gasteiger partial charge in [-0.15, -0.1) is 0 Å². The monoisotopic (exact) mass is 454 g/mol. The van der Waals surface area contributed by atoms with Crippen LogP contribution in [-0.2, 0) is 11.0 Å². The molecule has 2 aromatic heterocycles. The van der Waals surface area contributed by atoms with Crippen LogP contribution in [0.2, 0.25) is 0 Å². The Kier molecular flexibility index (Phi) is 5.78. The first-order valence-electron chi connectivity index (χ1n) is 9.08. The molecule has 0 fully saturated rings. The molecule has 0 saturated heterocycles. The number of nitrogen functional groups attached to an aromatic ring is 1. The molecule has 0 aliphatic rings. The third kappa shape index (κ3) is 4.78. The van der Waals surface area contributed by atoms with Gasteiger partial charge in [0, 0.05) is 23.1 Å². The zero-order chi connectivity index (χ0) is 22.0. The number of aromatic nitrogens is 3. The van der Waals surface area contributed by atoms with Crippen molar-refractivity contribution in [2.75, 3.05) is 22.0 Å². The summed E-state index contributed by atoms with van der Waals surface area (Å²) in [6.45, 7) is 1.93. The van der Waals surface area contributed by atoms with Gasteiger partial charge in [-0.25, -0.2) is 9.19 Å². The molecule has 2 aromatic carbocycles. The van der Waals surface area contributed by atoms with Gasteiger partial charge in [-0.2, -0.15) is 4.98 Å². The summed E-state index contributed by atoms with van der Waals surface area (Å²) in [6, 6.07) is 14.5. The van der Waals surface area contributed by atoms with E-state index in [2.05, 4.69) is 25.2 Å². The number of carbonyl (C=O) groups excluding carboxylic acids is 1. The highest BCUT2D eigenvalue weighted by Gasteiger charge is 2.18. The fourth-order valence-corrected chi connectivity index (χ4v) is 4.28. The summed E-state index contributed by atoms with van der Waals surface area (Å²) in [6.07, 6.45) is 1.49. The molecule has 4 aromatic rings. The van der Waals surface area contributed by atoms with E-state index in [1.807, 2.05) is 25.1 Å². The zero-order valence-corrected chi connectivity index (χ0v) is 18.2. The number of thiazole rings is 1. The summed E-state index contributed by atoms with van der Waals surface area (Å²) in [5, 5.41) is 7.28. The SMILES string of the molecule is Cc1cccc(C(=O)Nc2cccc(-c3noc(-c4sc(NS(C)=O)nc4N)n3)c2)c1. The molecule has 1 amide bonds. The van der Waals surface area contributed by atoms with E-state index >= 15 is 0 Å². The molecule has 0 aliphatic carbocycles. The summed E-state index contributed by atoms with van der Waals surface area (Å²) in [7, 11) is -1.27. The summed E-state index contributed by atoms with van der Waals surface area (Å²) < 4.78 is 19.4. The number of nitrogens with two attached hydrogens (primary N) is 1. The second-order valence-corrected chi connectivity index (χ2v) is 8.73. The second kappa shape index (κ2) is 8.66. The largest absolute Gasteiger partial charge is 0.382 e. The Morgan fingerprint density at radius 1 is 1.16 bits per heavy atom. The first-order chi connectivity index (χ1) is 14.9. The van der Waals surface area contributed by atoms with Crippen molar-refractivity contribution < 1.29 is 13.5 Å². The van der Waals surface area contributed by atoms with Crippen molar-refractivity contribution in [1.29, 1.82) is 0 Å². The quantitative estimate of drug-likeness (QED) is 0.404. The van der Waals surface area contributed by atoms with Gasteiger partial charge in [0.2, 0.25) is 5.82 Å². The lowest BCUT2D eigenvalue weighted by Gasteiger charge is -2.06. The minimum atomic E-state index is -1.27. The molecule has 4 N–H and O–H groups in total. The van der Waals surface area contributed by atoms with E-state index in [0.717, 1.165) is 5.56 Å². The Bertz CT molecular complexity index is 1280. The van der Waals surface area contributed by atoms with Gasteiger partial charge in [-0.1, -0.05) is 46.3 Å². The molecule has 2 heterocycles. The normalized spacial score (nSPS) is 11.8. The summed E-state index contributed by atoms with van der Waals surface area (Å²) in [4.78, 5) is 21.5. The molecule has 0 saturated carbocycles. The zero-order valence-electron chi connectivity index (χ0n) is 16.6. The van der Waals surface area contributed by atoms with Gasteiger partial charge in [-0.3, -0.25) is 9.52 Å². The lowest BCUT2D eigenvalue weighted by atomic mass is 10.1. The average Bonchev–Trinajstić information content (AvgIpc) is 3.34. The van der Waals surface area contributed by atoms with Crippen LogP contribution in [0.25, 0.3) is 22.2 Å². The fourth-order valence-electron chi connectivity index (χ4n) is 2.81. The Balaban J connectivity index is 1.55. The van der Waals surface area contributed by atoms with Gasteiger partial charge in [-0.05, 0) is 31.2 Å². The van der Waals surface area contributed by atoms with Crippen molar-refractivity contribution in [2.45, 2.75) is 6.92 Å². The first kappa shape index (κ1) is 20.7. The molecule has 1 atom stereocenters. The molecule has 4 rings (SSSR count). The van der Waals surface area contributed by atoms with Gasteiger partial charge in [0.25, 0.3) is 11.8 Å². The van der Waals surface area contributed by atoms with Crippen LogP contribution >= 0.6 is 11.3 Å². The number of nitrogens with zero attached hydrogens (tertiary/aromatic N) is 3. The van der Waals surface area contributed by atoms with Gasteiger partial charge in [0.1, 0.15) is 21.7 Å². The van der Waals surface area contributed by atoms with Gasteiger partial charge in [0.15, 0.2) is 5.13 Å². The third-order valence-corrected chi connectivity index (χ3v) is 5.75. The molecule has 1 unspecified atom stereocenters. The molecule has 0 aliphatic heterocycles. The number of aryl methyl sites for hydroxylation is 1. The van der Waals surface area contributed by atoms with E-state index in [1.165, 1.54) is 17.6 Å². The lowest BCUT2D eigenvalue weighted by molar-refractivity contribution is 0.102. The number of nitrogens with one attached hydrogen (secondary N) is 2. The highest BCUT2D eigenvalue weighted by Crippen LogP contribution is 2.35. The van der Waals surface area contributed by atoms with Crippen molar-refractivity contribution in [1.82, 2.24) is 15.1 Å². The smallest absolute Gasteiger partial charge is 0.272 e. The van der Waals surface area contributed by atoms with Crippen LogP contribution in [0.3, 0.4) is 0 Å². The van der Waals surface area contributed by atoms with Gasteiger partial charge < -0.3 is 15.6 Å². The van der Waals surface area contributed by atoms with Crippen LogP contribution in [0.5, 0.6) is 0 Å². The molecular weight excluding hydrogens is 436 g/mol. The van der Waals surface area contributed by atoms with Crippen LogP contribution in [0.4, 0.5) is 16.6 Å². The topological polar surface area (TPSA) is 136 Å². The number of amides is 1. The number of anilines is 3. The minimum absolute atomic E-state index is 0.201. The maximum absolute atomic E-state index is 12.5. The second-order valence-electron chi connectivity index (χ2n) is 6.62. The third-order valence-electron chi connectivity index (χ3n) is 4.16.